The Balaban J connectivity index is 1.50. The number of aryl methyl sites for hydroxylation is 1. The van der Waals surface area contributed by atoms with E-state index < -0.39 is 0 Å². The molecule has 1 aliphatic rings. The van der Waals surface area contributed by atoms with Crippen LogP contribution >= 0.6 is 11.6 Å². The molecule has 0 bridgehead atoms. The monoisotopic (exact) mass is 418 g/mol. The summed E-state index contributed by atoms with van der Waals surface area (Å²) in [5.41, 5.74) is 3.58. The molecule has 0 unspecified atom stereocenters. The van der Waals surface area contributed by atoms with E-state index in [4.69, 9.17) is 16.3 Å². The zero-order chi connectivity index (χ0) is 21.1. The molecule has 0 amide bonds. The van der Waals surface area contributed by atoms with Gasteiger partial charge in [-0.05, 0) is 56.5 Å². The number of hydrogen-bond acceptors (Lipinski definition) is 3. The Morgan fingerprint density at radius 2 is 2.00 bits per heavy atom. The van der Waals surface area contributed by atoms with Crippen LogP contribution in [0.15, 0.2) is 59.5 Å². The molecule has 152 valence electrons. The number of aromatic nitrogens is 2. The quantitative estimate of drug-likeness (QED) is 0.425. The number of benzene rings is 1. The van der Waals surface area contributed by atoms with Crippen LogP contribution in [0.25, 0.3) is 0 Å². The summed E-state index contributed by atoms with van der Waals surface area (Å²) in [4.78, 5) is 16.9. The van der Waals surface area contributed by atoms with Gasteiger partial charge >= 0.3 is 0 Å². The Morgan fingerprint density at radius 1 is 1.23 bits per heavy atom. The summed E-state index contributed by atoms with van der Waals surface area (Å²) in [7, 11) is 0. The molecule has 0 aliphatic heterocycles. The van der Waals surface area contributed by atoms with Crippen molar-refractivity contribution in [2.75, 3.05) is 0 Å². The van der Waals surface area contributed by atoms with E-state index in [1.165, 1.54) is 18.9 Å². The summed E-state index contributed by atoms with van der Waals surface area (Å²) in [5.74, 6) is 7.60. The van der Waals surface area contributed by atoms with E-state index >= 15 is 0 Å². The van der Waals surface area contributed by atoms with Crippen molar-refractivity contribution in [3.63, 3.8) is 0 Å². The zero-order valence-corrected chi connectivity index (χ0v) is 17.8. The van der Waals surface area contributed by atoms with Gasteiger partial charge in [0.25, 0.3) is 5.56 Å². The highest BCUT2D eigenvalue weighted by Gasteiger charge is 2.18. The third-order valence-electron chi connectivity index (χ3n) is 5.24. The molecule has 1 saturated carbocycles. The van der Waals surface area contributed by atoms with E-state index in [9.17, 15) is 4.79 Å². The molecule has 30 heavy (non-hydrogen) atoms. The molecule has 1 atom stereocenters. The van der Waals surface area contributed by atoms with Gasteiger partial charge in [0.2, 0.25) is 0 Å². The number of nitrogens with zero attached hydrogens (tertiary/aromatic N) is 2. The van der Waals surface area contributed by atoms with Crippen LogP contribution in [-0.2, 0) is 6.61 Å². The second-order valence-electron chi connectivity index (χ2n) is 7.62. The van der Waals surface area contributed by atoms with Crippen LogP contribution in [0.5, 0.6) is 5.75 Å². The van der Waals surface area contributed by atoms with Crippen molar-refractivity contribution in [3.05, 3.63) is 92.6 Å². The van der Waals surface area contributed by atoms with Gasteiger partial charge in [-0.3, -0.25) is 4.79 Å². The SMILES string of the molecule is Cc1cc(OCc2cccnc2Cl)cc(=O)n1[C@H](C)c1ccc(C#CC2CC2)cc1. The molecule has 4 rings (SSSR count). The first-order valence-electron chi connectivity index (χ1n) is 10.1. The summed E-state index contributed by atoms with van der Waals surface area (Å²) >= 11 is 6.07. The van der Waals surface area contributed by atoms with Gasteiger partial charge in [0, 0.05) is 35.0 Å². The fourth-order valence-electron chi connectivity index (χ4n) is 3.36. The van der Waals surface area contributed by atoms with Crippen LogP contribution in [0.4, 0.5) is 0 Å². The highest BCUT2D eigenvalue weighted by molar-refractivity contribution is 6.30. The molecule has 2 heterocycles. The lowest BCUT2D eigenvalue weighted by Gasteiger charge is -2.19. The molecule has 0 saturated heterocycles. The van der Waals surface area contributed by atoms with E-state index in [-0.39, 0.29) is 18.2 Å². The van der Waals surface area contributed by atoms with Crippen molar-refractivity contribution in [1.29, 1.82) is 0 Å². The van der Waals surface area contributed by atoms with Crippen LogP contribution in [0.1, 0.15) is 48.2 Å². The Hall–Kier alpha value is -3.03. The molecule has 0 N–H and O–H groups in total. The number of rotatable bonds is 5. The smallest absolute Gasteiger partial charge is 0.254 e. The molecule has 4 nitrogen and oxygen atoms in total. The Labute approximate surface area is 181 Å². The van der Waals surface area contributed by atoms with Crippen LogP contribution < -0.4 is 10.3 Å². The normalized spacial score (nSPS) is 14.0. The minimum Gasteiger partial charge on any atom is -0.489 e. The van der Waals surface area contributed by atoms with Gasteiger partial charge < -0.3 is 9.30 Å². The molecule has 1 aromatic carbocycles. The van der Waals surface area contributed by atoms with Crippen molar-refractivity contribution in [3.8, 4) is 17.6 Å². The highest BCUT2D eigenvalue weighted by atomic mass is 35.5. The van der Waals surface area contributed by atoms with Gasteiger partial charge in [0.1, 0.15) is 17.5 Å². The lowest BCUT2D eigenvalue weighted by molar-refractivity contribution is 0.304. The molecule has 1 fully saturated rings. The maximum absolute atomic E-state index is 12.8. The van der Waals surface area contributed by atoms with Crippen LogP contribution in [0, 0.1) is 24.7 Å². The van der Waals surface area contributed by atoms with Crippen LogP contribution in [0.2, 0.25) is 5.15 Å². The van der Waals surface area contributed by atoms with Crippen molar-refractivity contribution in [2.24, 2.45) is 5.92 Å². The summed E-state index contributed by atoms with van der Waals surface area (Å²) in [6.45, 7) is 4.20. The average molecular weight is 419 g/mol. The Morgan fingerprint density at radius 3 is 2.67 bits per heavy atom. The first-order valence-corrected chi connectivity index (χ1v) is 10.5. The lowest BCUT2D eigenvalue weighted by atomic mass is 10.1. The van der Waals surface area contributed by atoms with Crippen molar-refractivity contribution in [1.82, 2.24) is 9.55 Å². The van der Waals surface area contributed by atoms with Crippen LogP contribution in [-0.4, -0.2) is 9.55 Å². The van der Waals surface area contributed by atoms with E-state index in [0.717, 1.165) is 22.4 Å². The summed E-state index contributed by atoms with van der Waals surface area (Å²) in [6.07, 6.45) is 4.07. The summed E-state index contributed by atoms with van der Waals surface area (Å²) in [6, 6.07) is 15.1. The van der Waals surface area contributed by atoms with Crippen molar-refractivity contribution < 1.29 is 4.74 Å². The third-order valence-corrected chi connectivity index (χ3v) is 5.58. The molecule has 5 heteroatoms. The van der Waals surface area contributed by atoms with E-state index in [0.29, 0.717) is 16.8 Å². The third kappa shape index (κ3) is 4.75. The number of halogens is 1. The minimum atomic E-state index is -0.104. The zero-order valence-electron chi connectivity index (χ0n) is 17.1. The summed E-state index contributed by atoms with van der Waals surface area (Å²) < 4.78 is 7.56. The molecule has 0 spiro atoms. The molecule has 0 radical (unpaired) electrons. The number of hydrogen-bond donors (Lipinski definition) is 0. The van der Waals surface area contributed by atoms with E-state index in [1.807, 2.05) is 50.2 Å². The fraction of sp³-hybridized carbons (Fsp3) is 0.280. The van der Waals surface area contributed by atoms with Crippen LogP contribution in [0.3, 0.4) is 0 Å². The largest absolute Gasteiger partial charge is 0.489 e. The van der Waals surface area contributed by atoms with E-state index in [2.05, 4.69) is 16.8 Å². The average Bonchev–Trinajstić information content (AvgIpc) is 3.56. The van der Waals surface area contributed by atoms with Gasteiger partial charge in [0.15, 0.2) is 0 Å². The van der Waals surface area contributed by atoms with Gasteiger partial charge in [-0.1, -0.05) is 41.6 Å². The fourth-order valence-corrected chi connectivity index (χ4v) is 3.53. The maximum atomic E-state index is 12.8. The predicted molar refractivity (Wildman–Crippen MR) is 119 cm³/mol. The van der Waals surface area contributed by atoms with Gasteiger partial charge in [-0.25, -0.2) is 4.98 Å². The second-order valence-corrected chi connectivity index (χ2v) is 7.98. The standard InChI is InChI=1S/C25H23ClN2O2/c1-17-14-23(30-16-22-4-3-13-27-25(22)26)15-24(29)28(17)18(2)21-11-9-20(10-12-21)8-7-19-5-6-19/h3-4,9-15,18-19H,5-6,16H2,1-2H3/t18-/m1/s1. The molecule has 1 aliphatic carbocycles. The van der Waals surface area contributed by atoms with Crippen molar-refractivity contribution in [2.45, 2.75) is 39.3 Å². The number of pyridine rings is 2. The second kappa shape index (κ2) is 8.77. The first-order chi connectivity index (χ1) is 14.5. The van der Waals surface area contributed by atoms with Crippen molar-refractivity contribution >= 4 is 11.6 Å². The summed E-state index contributed by atoms with van der Waals surface area (Å²) in [5, 5.41) is 0.404. The van der Waals surface area contributed by atoms with Gasteiger partial charge in [-0.2, -0.15) is 0 Å². The first kappa shape index (κ1) is 20.3. The van der Waals surface area contributed by atoms with Gasteiger partial charge in [0.05, 0.1) is 6.04 Å². The van der Waals surface area contributed by atoms with E-state index in [1.54, 1.807) is 16.8 Å². The number of ether oxygens (including phenoxy) is 1. The van der Waals surface area contributed by atoms with Gasteiger partial charge in [-0.15, -0.1) is 0 Å². The Kier molecular flexibility index (Phi) is 5.92. The molecule has 3 aromatic rings. The molecular weight excluding hydrogens is 396 g/mol. The predicted octanol–water partition coefficient (Wildman–Crippen LogP) is 5.15. The lowest BCUT2D eigenvalue weighted by Crippen LogP contribution is -2.25. The maximum Gasteiger partial charge on any atom is 0.254 e. The minimum absolute atomic E-state index is 0.0928. The Bertz CT molecular complexity index is 1170. The molecule has 2 aromatic heterocycles. The highest BCUT2D eigenvalue weighted by Crippen LogP contribution is 2.27. The molecular formula is C25H23ClN2O2. The topological polar surface area (TPSA) is 44.1 Å².